The van der Waals surface area contributed by atoms with Gasteiger partial charge in [-0.25, -0.2) is 4.39 Å². The highest BCUT2D eigenvalue weighted by atomic mass is 35.5. The molecule has 0 amide bonds. The summed E-state index contributed by atoms with van der Waals surface area (Å²) in [7, 11) is 0. The molecule has 0 aliphatic heterocycles. The van der Waals surface area contributed by atoms with Crippen LogP contribution in [0.1, 0.15) is 6.92 Å². The van der Waals surface area contributed by atoms with Crippen LogP contribution >= 0.6 is 58.0 Å². The van der Waals surface area contributed by atoms with E-state index < -0.39 is 31.8 Å². The van der Waals surface area contributed by atoms with Gasteiger partial charge in [0.05, 0.1) is 0 Å². The third-order valence-corrected chi connectivity index (χ3v) is 5.04. The fourth-order valence-corrected chi connectivity index (χ4v) is 1.75. The van der Waals surface area contributed by atoms with Crippen molar-refractivity contribution in [3.05, 3.63) is 0 Å². The Bertz CT molecular complexity index is 332. The summed E-state index contributed by atoms with van der Waals surface area (Å²) in [6.07, 6.45) is -6.83. The molecule has 0 aliphatic rings. The number of hydrogen-bond acceptors (Lipinski definition) is 0. The van der Waals surface area contributed by atoms with Gasteiger partial charge < -0.3 is 0 Å². The second-order valence-electron chi connectivity index (χ2n) is 3.68. The smallest absolute Gasteiger partial charge is 0.216 e. The first-order valence-electron chi connectivity index (χ1n) is 4.21. The maximum Gasteiger partial charge on any atom is 0.460 e. The first-order chi connectivity index (χ1) is 8.25. The van der Waals surface area contributed by atoms with Gasteiger partial charge in [-0.3, -0.25) is 0 Å². The van der Waals surface area contributed by atoms with Crippen molar-refractivity contribution < 1.29 is 35.1 Å². The van der Waals surface area contributed by atoms with Gasteiger partial charge in [0.15, 0.2) is 4.33 Å². The highest BCUT2D eigenvalue weighted by Crippen LogP contribution is 2.63. The summed E-state index contributed by atoms with van der Waals surface area (Å²) in [4.78, 5) is 0. The second-order valence-corrected chi connectivity index (χ2v) is 7.24. The van der Waals surface area contributed by atoms with Gasteiger partial charge in [-0.05, 0) is 6.92 Å². The van der Waals surface area contributed by atoms with Gasteiger partial charge in [0.2, 0.25) is 4.33 Å². The second kappa shape index (κ2) is 5.22. The molecule has 0 N–H and O–H groups in total. The molecule has 122 valence electrons. The van der Waals surface area contributed by atoms with Crippen molar-refractivity contribution in [1.82, 2.24) is 0 Å². The Morgan fingerprint density at radius 3 is 1.10 bits per heavy atom. The topological polar surface area (TPSA) is 0 Å². The molecule has 0 bridgehead atoms. The molecular formula is C7H3Cl5F8. The lowest BCUT2D eigenvalue weighted by Crippen LogP contribution is -2.68. The van der Waals surface area contributed by atoms with Gasteiger partial charge in [0.25, 0.3) is 5.13 Å². The molecule has 0 aromatic heterocycles. The van der Waals surface area contributed by atoms with E-state index in [1.807, 2.05) is 0 Å². The standard InChI is InChI=1S/C7H3Cl5F8/c1-2(8,9)3(10,11)4(12,13)5(14,15)6(16,17)7(18,19)20/h1H3. The summed E-state index contributed by atoms with van der Waals surface area (Å²) < 4.78 is 94.6. The molecule has 0 aliphatic carbocycles. The molecule has 0 radical (unpaired) electrons. The van der Waals surface area contributed by atoms with Gasteiger partial charge in [-0.1, -0.05) is 58.0 Å². The van der Waals surface area contributed by atoms with Crippen LogP contribution in [0.15, 0.2) is 0 Å². The first kappa shape index (κ1) is 20.9. The van der Waals surface area contributed by atoms with Crippen LogP contribution in [0.3, 0.4) is 0 Å². The molecule has 1 unspecified atom stereocenters. The van der Waals surface area contributed by atoms with E-state index in [9.17, 15) is 35.1 Å². The number of alkyl halides is 13. The number of hydrogen-bond donors (Lipinski definition) is 0. The summed E-state index contributed by atoms with van der Waals surface area (Å²) in [5.41, 5.74) is 0. The highest BCUT2D eigenvalue weighted by Gasteiger charge is 2.85. The molecule has 0 nitrogen and oxygen atoms in total. The van der Waals surface area contributed by atoms with Gasteiger partial charge in [-0.15, -0.1) is 0 Å². The summed E-state index contributed by atoms with van der Waals surface area (Å²) >= 11 is 24.6. The average molecular weight is 416 g/mol. The molecule has 0 aromatic rings. The molecule has 13 heteroatoms. The van der Waals surface area contributed by atoms with E-state index in [1.165, 1.54) is 0 Å². The monoisotopic (exact) mass is 414 g/mol. The molecule has 0 rings (SSSR count). The Labute approximate surface area is 132 Å². The Morgan fingerprint density at radius 1 is 0.600 bits per heavy atom. The summed E-state index contributed by atoms with van der Waals surface area (Å²) in [6, 6.07) is 0. The first-order valence-corrected chi connectivity index (χ1v) is 6.10. The van der Waals surface area contributed by atoms with Crippen LogP contribution in [0.4, 0.5) is 35.1 Å². The Hall–Kier alpha value is 0.890. The number of rotatable bonds is 4. The number of halogens is 13. The summed E-state index contributed by atoms with van der Waals surface area (Å²) in [5, 5.41) is -5.35. The van der Waals surface area contributed by atoms with Crippen molar-refractivity contribution in [3.8, 4) is 0 Å². The lowest BCUT2D eigenvalue weighted by Gasteiger charge is -2.43. The van der Waals surface area contributed by atoms with E-state index in [2.05, 4.69) is 11.6 Å². The zero-order chi connectivity index (χ0) is 17.0. The van der Waals surface area contributed by atoms with Crippen molar-refractivity contribution in [2.75, 3.05) is 0 Å². The third-order valence-electron chi connectivity index (χ3n) is 2.09. The predicted octanol–water partition coefficient (Wildman–Crippen LogP) is 6.09. The maximum absolute atomic E-state index is 13.8. The molecule has 0 aromatic carbocycles. The van der Waals surface area contributed by atoms with E-state index in [1.54, 1.807) is 0 Å². The molecular weight excluding hydrogens is 413 g/mol. The van der Waals surface area contributed by atoms with E-state index >= 15 is 0 Å². The van der Waals surface area contributed by atoms with E-state index in [0.717, 1.165) is 0 Å². The minimum atomic E-state index is -6.88. The Kier molecular flexibility index (Phi) is 5.45. The largest absolute Gasteiger partial charge is 0.460 e. The zero-order valence-corrected chi connectivity index (χ0v) is 12.7. The van der Waals surface area contributed by atoms with Crippen molar-refractivity contribution in [2.24, 2.45) is 0 Å². The van der Waals surface area contributed by atoms with Crippen LogP contribution in [0.25, 0.3) is 0 Å². The Balaban J connectivity index is 6.08. The fourth-order valence-electron chi connectivity index (χ4n) is 0.848. The van der Waals surface area contributed by atoms with Gasteiger partial charge in [-0.2, -0.15) is 30.7 Å². The van der Waals surface area contributed by atoms with E-state index in [4.69, 9.17) is 46.4 Å². The third kappa shape index (κ3) is 2.87. The van der Waals surface area contributed by atoms with Crippen molar-refractivity contribution in [2.45, 2.75) is 38.7 Å². The lowest BCUT2D eigenvalue weighted by molar-refractivity contribution is -0.371. The van der Waals surface area contributed by atoms with Gasteiger partial charge in [0, 0.05) is 0 Å². The normalized spacial score (nSPS) is 18.9. The molecule has 0 heterocycles. The molecule has 1 atom stereocenters. The predicted molar refractivity (Wildman–Crippen MR) is 60.2 cm³/mol. The van der Waals surface area contributed by atoms with Crippen LogP contribution in [0.5, 0.6) is 0 Å². The minimum absolute atomic E-state index is 0.467. The molecule has 0 saturated carbocycles. The van der Waals surface area contributed by atoms with Crippen LogP contribution in [-0.2, 0) is 0 Å². The SMILES string of the molecule is CC(Cl)(Cl)C(Cl)(Cl)C(F)(Cl)C(F)(F)C(F)(F)C(F)(F)F. The maximum atomic E-state index is 13.8. The minimum Gasteiger partial charge on any atom is -0.216 e. The lowest BCUT2D eigenvalue weighted by atomic mass is 10.0. The molecule has 0 spiro atoms. The van der Waals surface area contributed by atoms with E-state index in [0.29, 0.717) is 6.92 Å². The quantitative estimate of drug-likeness (QED) is 0.384. The molecule has 20 heavy (non-hydrogen) atoms. The van der Waals surface area contributed by atoms with Crippen LogP contribution in [0, 0.1) is 0 Å². The average Bonchev–Trinajstić information content (AvgIpc) is 2.12. The fraction of sp³-hybridized carbons (Fsp3) is 1.00. The van der Waals surface area contributed by atoms with Gasteiger partial charge in [0.1, 0.15) is 0 Å². The van der Waals surface area contributed by atoms with Crippen LogP contribution in [0.2, 0.25) is 0 Å². The van der Waals surface area contributed by atoms with Crippen molar-refractivity contribution in [3.63, 3.8) is 0 Å². The van der Waals surface area contributed by atoms with Crippen LogP contribution in [-0.4, -0.2) is 31.8 Å². The zero-order valence-electron chi connectivity index (χ0n) is 8.91. The van der Waals surface area contributed by atoms with E-state index in [-0.39, 0.29) is 0 Å². The summed E-state index contributed by atoms with van der Waals surface area (Å²) in [5.74, 6) is -13.5. The summed E-state index contributed by atoms with van der Waals surface area (Å²) in [6.45, 7) is 0.467. The Morgan fingerprint density at radius 2 is 0.900 bits per heavy atom. The molecule has 0 fully saturated rings. The van der Waals surface area contributed by atoms with Crippen molar-refractivity contribution >= 4 is 58.0 Å². The molecule has 0 saturated heterocycles. The van der Waals surface area contributed by atoms with Crippen molar-refractivity contribution in [1.29, 1.82) is 0 Å². The van der Waals surface area contributed by atoms with Crippen LogP contribution < -0.4 is 0 Å². The van der Waals surface area contributed by atoms with Gasteiger partial charge >= 0.3 is 18.0 Å². The highest BCUT2D eigenvalue weighted by molar-refractivity contribution is 6.64.